The second kappa shape index (κ2) is 11.9. The fourth-order valence-electron chi connectivity index (χ4n) is 4.77. The SMILES string of the molecule is COc1ccc2c(c1)CCC(CN(C)CC(=O)OCc1ccccc1)C2c1ccccc1.Cl. The van der Waals surface area contributed by atoms with Gasteiger partial charge in [-0.2, -0.15) is 0 Å². The minimum Gasteiger partial charge on any atom is -0.497 e. The number of methoxy groups -OCH3 is 1. The number of carbonyl (C=O) groups is 1. The molecule has 0 amide bonds. The summed E-state index contributed by atoms with van der Waals surface area (Å²) < 4.78 is 10.9. The maximum absolute atomic E-state index is 12.4. The quantitative estimate of drug-likeness (QED) is 0.412. The summed E-state index contributed by atoms with van der Waals surface area (Å²) in [6.07, 6.45) is 2.09. The predicted octanol–water partition coefficient (Wildman–Crippen LogP) is 5.49. The number of benzene rings is 3. The average Bonchev–Trinajstić information content (AvgIpc) is 2.83. The van der Waals surface area contributed by atoms with Crippen molar-refractivity contribution in [1.82, 2.24) is 4.90 Å². The van der Waals surface area contributed by atoms with Gasteiger partial charge in [-0.15, -0.1) is 12.4 Å². The minimum absolute atomic E-state index is 0. The van der Waals surface area contributed by atoms with Crippen molar-refractivity contribution in [3.05, 3.63) is 101 Å². The van der Waals surface area contributed by atoms with Gasteiger partial charge >= 0.3 is 5.97 Å². The molecule has 0 fully saturated rings. The van der Waals surface area contributed by atoms with Crippen molar-refractivity contribution >= 4 is 18.4 Å². The van der Waals surface area contributed by atoms with E-state index in [0.717, 1.165) is 30.7 Å². The van der Waals surface area contributed by atoms with Gasteiger partial charge in [-0.05, 0) is 60.2 Å². The molecule has 2 atom stereocenters. The summed E-state index contributed by atoms with van der Waals surface area (Å²) in [5.74, 6) is 1.44. The second-order valence-corrected chi connectivity index (χ2v) is 8.59. The molecule has 1 aliphatic carbocycles. The van der Waals surface area contributed by atoms with Crippen LogP contribution in [-0.4, -0.2) is 38.1 Å². The van der Waals surface area contributed by atoms with Crippen LogP contribution in [0.1, 0.15) is 34.6 Å². The summed E-state index contributed by atoms with van der Waals surface area (Å²) in [7, 11) is 3.73. The fraction of sp³-hybridized carbons (Fsp3) is 0.321. The lowest BCUT2D eigenvalue weighted by Crippen LogP contribution is -2.36. The Balaban J connectivity index is 0.00000306. The number of halogens is 1. The molecule has 0 aromatic heterocycles. The maximum atomic E-state index is 12.4. The van der Waals surface area contributed by atoms with Crippen LogP contribution in [0.3, 0.4) is 0 Å². The van der Waals surface area contributed by atoms with Crippen LogP contribution in [0.25, 0.3) is 0 Å². The first kappa shape index (κ1) is 24.8. The first-order chi connectivity index (χ1) is 15.6. The topological polar surface area (TPSA) is 38.8 Å². The van der Waals surface area contributed by atoms with Gasteiger partial charge in [-0.1, -0.05) is 66.7 Å². The highest BCUT2D eigenvalue weighted by atomic mass is 35.5. The van der Waals surface area contributed by atoms with E-state index in [1.165, 1.54) is 16.7 Å². The number of aryl methyl sites for hydroxylation is 1. The zero-order valence-electron chi connectivity index (χ0n) is 19.3. The highest BCUT2D eigenvalue weighted by Crippen LogP contribution is 2.42. The fourth-order valence-corrected chi connectivity index (χ4v) is 4.77. The maximum Gasteiger partial charge on any atom is 0.320 e. The Labute approximate surface area is 202 Å². The van der Waals surface area contributed by atoms with Crippen molar-refractivity contribution in [3.8, 4) is 5.75 Å². The molecule has 1 aliphatic rings. The van der Waals surface area contributed by atoms with E-state index in [4.69, 9.17) is 9.47 Å². The summed E-state index contributed by atoms with van der Waals surface area (Å²) in [5, 5.41) is 0. The first-order valence-electron chi connectivity index (χ1n) is 11.2. The van der Waals surface area contributed by atoms with E-state index >= 15 is 0 Å². The van der Waals surface area contributed by atoms with Gasteiger partial charge < -0.3 is 9.47 Å². The largest absolute Gasteiger partial charge is 0.497 e. The number of rotatable bonds is 8. The molecular formula is C28H32ClNO3. The lowest BCUT2D eigenvalue weighted by molar-refractivity contribution is -0.146. The summed E-state index contributed by atoms with van der Waals surface area (Å²) in [5.41, 5.74) is 5.06. The molecule has 174 valence electrons. The molecule has 0 saturated carbocycles. The van der Waals surface area contributed by atoms with E-state index in [9.17, 15) is 4.79 Å². The van der Waals surface area contributed by atoms with Gasteiger partial charge in [0, 0.05) is 12.5 Å². The number of esters is 1. The summed E-state index contributed by atoms with van der Waals surface area (Å²) >= 11 is 0. The number of hydrogen-bond donors (Lipinski definition) is 0. The zero-order valence-corrected chi connectivity index (χ0v) is 20.1. The van der Waals surface area contributed by atoms with Crippen LogP contribution in [0.4, 0.5) is 0 Å². The van der Waals surface area contributed by atoms with E-state index in [2.05, 4.69) is 53.4 Å². The van der Waals surface area contributed by atoms with Crippen LogP contribution in [0.2, 0.25) is 0 Å². The smallest absolute Gasteiger partial charge is 0.320 e. The van der Waals surface area contributed by atoms with Gasteiger partial charge in [0.2, 0.25) is 0 Å². The lowest BCUT2D eigenvalue weighted by atomic mass is 9.71. The first-order valence-corrected chi connectivity index (χ1v) is 11.2. The van der Waals surface area contributed by atoms with Crippen molar-refractivity contribution in [3.63, 3.8) is 0 Å². The van der Waals surface area contributed by atoms with Gasteiger partial charge in [-0.3, -0.25) is 9.69 Å². The van der Waals surface area contributed by atoms with Crippen molar-refractivity contribution in [2.45, 2.75) is 25.4 Å². The minimum atomic E-state index is -0.187. The van der Waals surface area contributed by atoms with Crippen LogP contribution in [0.15, 0.2) is 78.9 Å². The van der Waals surface area contributed by atoms with Gasteiger partial charge in [0.25, 0.3) is 0 Å². The average molecular weight is 466 g/mol. The summed E-state index contributed by atoms with van der Waals surface area (Å²) in [6, 6.07) is 26.9. The standard InChI is InChI=1S/C28H31NO3.ClH/c1-29(19-27(30)32-20-21-9-5-3-6-10-21)18-24-14-13-23-17-25(31-2)15-16-26(23)28(24)22-11-7-4-8-12-22;/h3-12,15-17,24,28H,13-14,18-20H2,1-2H3;1H. The van der Waals surface area contributed by atoms with Crippen LogP contribution in [-0.2, 0) is 22.6 Å². The molecule has 0 aliphatic heterocycles. The highest BCUT2D eigenvalue weighted by Gasteiger charge is 2.32. The Morgan fingerprint density at radius 2 is 1.70 bits per heavy atom. The molecule has 4 rings (SSSR count). The van der Waals surface area contributed by atoms with Gasteiger partial charge in [0.05, 0.1) is 13.7 Å². The van der Waals surface area contributed by atoms with Crippen LogP contribution in [0, 0.1) is 5.92 Å². The van der Waals surface area contributed by atoms with Crippen molar-refractivity contribution in [2.75, 3.05) is 27.2 Å². The third-order valence-corrected chi connectivity index (χ3v) is 6.29. The summed E-state index contributed by atoms with van der Waals surface area (Å²) in [6.45, 7) is 1.45. The molecule has 0 saturated heterocycles. The predicted molar refractivity (Wildman–Crippen MR) is 134 cm³/mol. The van der Waals surface area contributed by atoms with Crippen LogP contribution < -0.4 is 4.74 Å². The van der Waals surface area contributed by atoms with Crippen molar-refractivity contribution in [1.29, 1.82) is 0 Å². The molecule has 0 bridgehead atoms. The number of nitrogens with zero attached hydrogens (tertiary/aromatic N) is 1. The molecule has 0 spiro atoms. The monoisotopic (exact) mass is 465 g/mol. The van der Waals surface area contributed by atoms with E-state index in [1.807, 2.05) is 37.4 Å². The Bertz CT molecular complexity index is 1030. The van der Waals surface area contributed by atoms with E-state index in [-0.39, 0.29) is 18.4 Å². The van der Waals surface area contributed by atoms with Crippen molar-refractivity contribution in [2.24, 2.45) is 5.92 Å². The van der Waals surface area contributed by atoms with E-state index < -0.39 is 0 Å². The summed E-state index contributed by atoms with van der Waals surface area (Å²) in [4.78, 5) is 14.5. The number of carbonyl (C=O) groups excluding carboxylic acids is 1. The van der Waals surface area contributed by atoms with Crippen LogP contribution in [0.5, 0.6) is 5.75 Å². The Morgan fingerprint density at radius 3 is 2.39 bits per heavy atom. The second-order valence-electron chi connectivity index (χ2n) is 8.59. The molecule has 5 heteroatoms. The van der Waals surface area contributed by atoms with E-state index in [0.29, 0.717) is 25.0 Å². The Morgan fingerprint density at radius 1 is 1.00 bits per heavy atom. The normalized spacial score (nSPS) is 17.1. The van der Waals surface area contributed by atoms with Gasteiger partial charge in [-0.25, -0.2) is 0 Å². The molecule has 0 radical (unpaired) electrons. The molecule has 4 nitrogen and oxygen atoms in total. The molecule has 3 aromatic rings. The van der Waals surface area contributed by atoms with Crippen molar-refractivity contribution < 1.29 is 14.3 Å². The third kappa shape index (κ3) is 6.37. The lowest BCUT2D eigenvalue weighted by Gasteiger charge is -2.36. The zero-order chi connectivity index (χ0) is 22.3. The number of hydrogen-bond acceptors (Lipinski definition) is 4. The van der Waals surface area contributed by atoms with Crippen LogP contribution >= 0.6 is 12.4 Å². The number of ether oxygens (including phenoxy) is 2. The molecule has 0 heterocycles. The highest BCUT2D eigenvalue weighted by molar-refractivity contribution is 5.85. The molecule has 3 aromatic carbocycles. The van der Waals surface area contributed by atoms with Gasteiger partial charge in [0.15, 0.2) is 0 Å². The molecule has 2 unspecified atom stereocenters. The Hall–Kier alpha value is -2.82. The Kier molecular flexibility index (Phi) is 8.93. The van der Waals surface area contributed by atoms with E-state index in [1.54, 1.807) is 7.11 Å². The third-order valence-electron chi connectivity index (χ3n) is 6.29. The molecule has 0 N–H and O–H groups in total. The molecular weight excluding hydrogens is 434 g/mol. The number of fused-ring (bicyclic) bond motifs is 1. The van der Waals surface area contributed by atoms with Gasteiger partial charge in [0.1, 0.15) is 12.4 Å². The number of likely N-dealkylation sites (N-methyl/N-ethyl adjacent to an activating group) is 1. The molecule has 33 heavy (non-hydrogen) atoms.